The Bertz CT molecular complexity index is 1170. The van der Waals surface area contributed by atoms with Crippen molar-refractivity contribution in [3.05, 3.63) is 60.3 Å². The number of benzene rings is 2. The zero-order valence-corrected chi connectivity index (χ0v) is 19.9. The van der Waals surface area contributed by atoms with E-state index in [2.05, 4.69) is 55.8 Å². The summed E-state index contributed by atoms with van der Waals surface area (Å²) in [6.45, 7) is 2.26. The number of nitrogens with one attached hydrogen (secondary N) is 2. The number of rotatable bonds is 7. The first kappa shape index (κ1) is 23.1. The topological polar surface area (TPSA) is 122 Å². The Morgan fingerprint density at radius 1 is 0.971 bits per heavy atom. The number of amides is 1. The molecule has 6 N–H and O–H groups in total. The van der Waals surface area contributed by atoms with E-state index in [1.165, 1.54) is 24.7 Å². The largest absolute Gasteiger partial charge is 0.372 e. The van der Waals surface area contributed by atoms with Crippen molar-refractivity contribution in [1.82, 2.24) is 9.97 Å². The van der Waals surface area contributed by atoms with Gasteiger partial charge in [0.1, 0.15) is 11.4 Å². The average molecular weight is 472 g/mol. The fraction of sp³-hybridized carbons (Fsp3) is 0.370. The number of anilines is 4. The maximum absolute atomic E-state index is 12.1. The van der Waals surface area contributed by atoms with Gasteiger partial charge in [-0.25, -0.2) is 4.98 Å². The van der Waals surface area contributed by atoms with E-state index in [0.717, 1.165) is 55.6 Å². The molecular formula is C27H33N7O. The lowest BCUT2D eigenvalue weighted by Gasteiger charge is -2.29. The first-order valence-corrected chi connectivity index (χ1v) is 12.5. The minimum absolute atomic E-state index is 0.0631. The number of nitrogens with zero attached hydrogens (tertiary/aromatic N) is 3. The van der Waals surface area contributed by atoms with Gasteiger partial charge in [-0.05, 0) is 61.1 Å². The highest BCUT2D eigenvalue weighted by Crippen LogP contribution is 2.29. The molecule has 2 aromatic carbocycles. The van der Waals surface area contributed by atoms with Crippen LogP contribution in [0.3, 0.4) is 0 Å². The Kier molecular flexibility index (Phi) is 6.81. The van der Waals surface area contributed by atoms with Gasteiger partial charge >= 0.3 is 0 Å². The summed E-state index contributed by atoms with van der Waals surface area (Å²) in [5, 5.41) is 6.62. The molecule has 2 atom stereocenters. The minimum Gasteiger partial charge on any atom is -0.372 e. The molecule has 1 amide bonds. The second kappa shape index (κ2) is 10.3. The smallest absolute Gasteiger partial charge is 0.254 e. The zero-order chi connectivity index (χ0) is 24.2. The minimum atomic E-state index is -0.581. The van der Waals surface area contributed by atoms with E-state index < -0.39 is 5.91 Å². The molecule has 1 saturated heterocycles. The third kappa shape index (κ3) is 5.38. The van der Waals surface area contributed by atoms with Gasteiger partial charge in [-0.2, -0.15) is 4.98 Å². The molecule has 1 aromatic heterocycles. The van der Waals surface area contributed by atoms with Crippen molar-refractivity contribution in [1.29, 1.82) is 0 Å². The standard InChI is InChI=1S/C27H33N7O/c28-23-8-1-2-9-24(23)32-27-30-17-22(25(29)35)26(33-27)31-20-7-5-6-19(16-20)18-10-12-21(13-11-18)34-14-3-4-15-34/h5-7,10-13,16-17,23-24H,1-4,8-9,14-15,28H2,(H2,29,35)(H2,30,31,32,33)/t23-,24+/m0/s1. The Hall–Kier alpha value is -3.65. The zero-order valence-electron chi connectivity index (χ0n) is 19.9. The molecule has 0 unspecified atom stereocenters. The number of nitrogens with two attached hydrogens (primary N) is 2. The maximum Gasteiger partial charge on any atom is 0.254 e. The van der Waals surface area contributed by atoms with Crippen molar-refractivity contribution < 1.29 is 4.79 Å². The summed E-state index contributed by atoms with van der Waals surface area (Å²) in [5.41, 5.74) is 16.4. The van der Waals surface area contributed by atoms with Crippen LogP contribution < -0.4 is 27.0 Å². The average Bonchev–Trinajstić information content (AvgIpc) is 3.41. The molecule has 1 aliphatic carbocycles. The molecule has 5 rings (SSSR count). The van der Waals surface area contributed by atoms with Gasteiger partial charge < -0.3 is 27.0 Å². The monoisotopic (exact) mass is 471 g/mol. The molecule has 8 heteroatoms. The Morgan fingerprint density at radius 2 is 1.74 bits per heavy atom. The Balaban J connectivity index is 1.36. The number of aromatic nitrogens is 2. The normalized spacial score (nSPS) is 20.0. The summed E-state index contributed by atoms with van der Waals surface area (Å²) in [7, 11) is 0. The van der Waals surface area contributed by atoms with Crippen LogP contribution in [-0.2, 0) is 0 Å². The molecule has 0 bridgehead atoms. The molecule has 2 heterocycles. The molecule has 1 saturated carbocycles. The number of hydrogen-bond acceptors (Lipinski definition) is 7. The molecule has 1 aliphatic heterocycles. The van der Waals surface area contributed by atoms with Gasteiger partial charge in [-0.3, -0.25) is 4.79 Å². The SMILES string of the molecule is NC(=O)c1cnc(N[C@@H]2CCCC[C@@H]2N)nc1Nc1cccc(-c2ccc(N3CCCC3)cc2)c1. The van der Waals surface area contributed by atoms with E-state index in [0.29, 0.717) is 11.8 Å². The van der Waals surface area contributed by atoms with Gasteiger partial charge in [-0.1, -0.05) is 37.1 Å². The van der Waals surface area contributed by atoms with Gasteiger partial charge in [0.15, 0.2) is 0 Å². The van der Waals surface area contributed by atoms with Crippen LogP contribution >= 0.6 is 0 Å². The number of primary amides is 1. The lowest BCUT2D eigenvalue weighted by atomic mass is 9.91. The fourth-order valence-corrected chi connectivity index (χ4v) is 4.98. The van der Waals surface area contributed by atoms with Crippen molar-refractivity contribution in [2.24, 2.45) is 11.5 Å². The summed E-state index contributed by atoms with van der Waals surface area (Å²) in [6, 6.07) is 16.9. The predicted octanol–water partition coefficient (Wildman–Crippen LogP) is 4.27. The van der Waals surface area contributed by atoms with Crippen LogP contribution in [-0.4, -0.2) is 41.0 Å². The summed E-state index contributed by atoms with van der Waals surface area (Å²) >= 11 is 0. The lowest BCUT2D eigenvalue weighted by Crippen LogP contribution is -2.43. The lowest BCUT2D eigenvalue weighted by molar-refractivity contribution is 0.100. The van der Waals surface area contributed by atoms with Crippen molar-refractivity contribution in [2.75, 3.05) is 28.6 Å². The first-order chi connectivity index (χ1) is 17.1. The highest BCUT2D eigenvalue weighted by molar-refractivity contribution is 5.98. The van der Waals surface area contributed by atoms with Crippen LogP contribution in [0.25, 0.3) is 11.1 Å². The Morgan fingerprint density at radius 3 is 2.49 bits per heavy atom. The fourth-order valence-electron chi connectivity index (χ4n) is 4.98. The van der Waals surface area contributed by atoms with Crippen LogP contribution in [0.15, 0.2) is 54.7 Å². The quantitative estimate of drug-likeness (QED) is 0.406. The van der Waals surface area contributed by atoms with E-state index >= 15 is 0 Å². The van der Waals surface area contributed by atoms with Gasteiger partial charge in [0.25, 0.3) is 5.91 Å². The maximum atomic E-state index is 12.1. The summed E-state index contributed by atoms with van der Waals surface area (Å²) in [6.07, 6.45) is 8.21. The van der Waals surface area contributed by atoms with Crippen LogP contribution in [0.2, 0.25) is 0 Å². The number of carbonyl (C=O) groups excluding carboxylic acids is 1. The van der Waals surface area contributed by atoms with Crippen molar-refractivity contribution in [2.45, 2.75) is 50.6 Å². The second-order valence-electron chi connectivity index (χ2n) is 9.47. The van der Waals surface area contributed by atoms with Crippen LogP contribution in [0.5, 0.6) is 0 Å². The van der Waals surface area contributed by atoms with Gasteiger partial charge in [0, 0.05) is 42.7 Å². The van der Waals surface area contributed by atoms with E-state index in [9.17, 15) is 4.79 Å². The van der Waals surface area contributed by atoms with Crippen LogP contribution in [0.4, 0.5) is 23.1 Å². The van der Waals surface area contributed by atoms with Gasteiger partial charge in [-0.15, -0.1) is 0 Å². The molecular weight excluding hydrogens is 438 g/mol. The van der Waals surface area contributed by atoms with Gasteiger partial charge in [0.2, 0.25) is 5.95 Å². The third-order valence-corrected chi connectivity index (χ3v) is 6.99. The predicted molar refractivity (Wildman–Crippen MR) is 141 cm³/mol. The number of carbonyl (C=O) groups is 1. The number of hydrogen-bond donors (Lipinski definition) is 4. The Labute approximate surface area is 206 Å². The summed E-state index contributed by atoms with van der Waals surface area (Å²) < 4.78 is 0. The van der Waals surface area contributed by atoms with Crippen molar-refractivity contribution in [3.63, 3.8) is 0 Å². The highest BCUT2D eigenvalue weighted by Gasteiger charge is 2.23. The molecule has 8 nitrogen and oxygen atoms in total. The van der Waals surface area contributed by atoms with Gasteiger partial charge in [0.05, 0.1) is 0 Å². The molecule has 35 heavy (non-hydrogen) atoms. The van der Waals surface area contributed by atoms with E-state index in [1.807, 2.05) is 18.2 Å². The van der Waals surface area contributed by atoms with E-state index in [1.54, 1.807) is 0 Å². The van der Waals surface area contributed by atoms with Crippen LogP contribution in [0, 0.1) is 0 Å². The summed E-state index contributed by atoms with van der Waals surface area (Å²) in [5.74, 6) is 0.233. The second-order valence-corrected chi connectivity index (χ2v) is 9.47. The van der Waals surface area contributed by atoms with Crippen LogP contribution in [0.1, 0.15) is 48.9 Å². The summed E-state index contributed by atoms with van der Waals surface area (Å²) in [4.78, 5) is 23.4. The molecule has 2 fully saturated rings. The molecule has 0 radical (unpaired) electrons. The molecule has 182 valence electrons. The third-order valence-electron chi connectivity index (χ3n) is 6.99. The molecule has 2 aliphatic rings. The van der Waals surface area contributed by atoms with Crippen molar-refractivity contribution >= 4 is 29.0 Å². The molecule has 3 aromatic rings. The van der Waals surface area contributed by atoms with Crippen molar-refractivity contribution in [3.8, 4) is 11.1 Å². The molecule has 0 spiro atoms. The highest BCUT2D eigenvalue weighted by atomic mass is 16.1. The first-order valence-electron chi connectivity index (χ1n) is 12.5. The van der Waals surface area contributed by atoms with E-state index in [4.69, 9.17) is 11.5 Å². The van der Waals surface area contributed by atoms with E-state index in [-0.39, 0.29) is 17.6 Å².